The van der Waals surface area contributed by atoms with Gasteiger partial charge >= 0.3 is 0 Å². The van der Waals surface area contributed by atoms with Crippen molar-refractivity contribution in [3.63, 3.8) is 0 Å². The molecule has 3 N–H and O–H groups in total. The lowest BCUT2D eigenvalue weighted by molar-refractivity contribution is 0.396. The molecule has 0 fully saturated rings. The minimum absolute atomic E-state index is 0.00776. The highest BCUT2D eigenvalue weighted by atomic mass is 35.5. The van der Waals surface area contributed by atoms with Crippen LogP contribution in [0, 0.1) is 0 Å². The van der Waals surface area contributed by atoms with Crippen LogP contribution in [0.25, 0.3) is 0 Å². The van der Waals surface area contributed by atoms with Gasteiger partial charge < -0.3 is 15.8 Å². The third kappa shape index (κ3) is 6.01. The number of hydrogen-bond donors (Lipinski definition) is 2. The average molecular weight is 542 g/mol. The first-order valence-corrected chi connectivity index (χ1v) is 13.2. The van der Waals surface area contributed by atoms with Crippen molar-refractivity contribution in [2.45, 2.75) is 17.2 Å². The van der Waals surface area contributed by atoms with Crippen LogP contribution in [0.15, 0.2) is 93.3 Å². The van der Waals surface area contributed by atoms with Crippen LogP contribution in [-0.2, 0) is 10.0 Å². The van der Waals surface area contributed by atoms with Gasteiger partial charge in [0.2, 0.25) is 5.96 Å². The van der Waals surface area contributed by atoms with Gasteiger partial charge in [-0.1, -0.05) is 54.1 Å². The van der Waals surface area contributed by atoms with Gasteiger partial charge in [-0.05, 0) is 66.2 Å². The van der Waals surface area contributed by atoms with E-state index in [9.17, 15) is 8.42 Å². The Balaban J connectivity index is 1.78. The number of guanidine groups is 1. The summed E-state index contributed by atoms with van der Waals surface area (Å²) in [6, 6.07) is 23.3. The van der Waals surface area contributed by atoms with E-state index in [2.05, 4.69) is 9.71 Å². The molecule has 0 bridgehead atoms. The topological polar surface area (TPSA) is 109 Å². The minimum atomic E-state index is -4.11. The number of hydrogen-bond acceptors (Lipinski definition) is 5. The summed E-state index contributed by atoms with van der Waals surface area (Å²) >= 11 is 11.1. The summed E-state index contributed by atoms with van der Waals surface area (Å²) < 4.78 is 35.3. The van der Waals surface area contributed by atoms with Crippen molar-refractivity contribution in [3.05, 3.63) is 95.0 Å². The summed E-state index contributed by atoms with van der Waals surface area (Å²) in [5.74, 6) is 0.420. The van der Waals surface area contributed by atoms with Crippen molar-refractivity contribution in [1.82, 2.24) is 10.3 Å². The Bertz CT molecular complexity index is 1390. The van der Waals surface area contributed by atoms with Crippen molar-refractivity contribution in [3.8, 4) is 5.75 Å². The highest BCUT2D eigenvalue weighted by Crippen LogP contribution is 2.30. The van der Waals surface area contributed by atoms with E-state index in [4.69, 9.17) is 39.4 Å². The quantitative estimate of drug-likeness (QED) is 0.284. The van der Waals surface area contributed by atoms with Gasteiger partial charge in [-0.25, -0.2) is 5.01 Å². The van der Waals surface area contributed by atoms with E-state index in [1.807, 2.05) is 42.5 Å². The first-order chi connectivity index (χ1) is 17.3. The van der Waals surface area contributed by atoms with E-state index in [0.29, 0.717) is 23.7 Å². The fraction of sp³-hybridized carbons (Fsp3) is 0.160. The Labute approximate surface area is 220 Å². The van der Waals surface area contributed by atoms with Gasteiger partial charge in [-0.3, -0.25) is 0 Å². The summed E-state index contributed by atoms with van der Waals surface area (Å²) in [6.45, 7) is 0.378. The predicted octanol–water partition coefficient (Wildman–Crippen LogP) is 4.12. The minimum Gasteiger partial charge on any atom is -0.497 e. The summed E-state index contributed by atoms with van der Waals surface area (Å²) in [6.07, 6.45) is 0.645. The highest BCUT2D eigenvalue weighted by Gasteiger charge is 2.29. The zero-order chi connectivity index (χ0) is 25.7. The molecule has 3 aromatic rings. The van der Waals surface area contributed by atoms with Crippen molar-refractivity contribution < 1.29 is 13.2 Å². The summed E-state index contributed by atoms with van der Waals surface area (Å²) in [7, 11) is -2.61. The van der Waals surface area contributed by atoms with Gasteiger partial charge in [0.15, 0.2) is 5.11 Å². The standard InChI is InChI=1S/C25H24ClN5O3S2/c1-34-20-11-13-21(14-12-20)36(32,33)30-25(28-24(27)35)31-16-15-22(17-5-3-2-4-6-17)23(29-31)18-7-9-19(26)10-8-18/h2-14,22H,15-16H2,1H3,(H3,27,28,30,35). The number of halogens is 1. The highest BCUT2D eigenvalue weighted by molar-refractivity contribution is 7.90. The van der Waals surface area contributed by atoms with E-state index in [-0.39, 0.29) is 21.9 Å². The number of nitrogens with zero attached hydrogens (tertiary/aromatic N) is 3. The molecule has 0 aromatic heterocycles. The Morgan fingerprint density at radius 3 is 2.39 bits per heavy atom. The van der Waals surface area contributed by atoms with E-state index in [0.717, 1.165) is 16.8 Å². The molecule has 1 unspecified atom stereocenters. The van der Waals surface area contributed by atoms with Gasteiger partial charge in [-0.2, -0.15) is 13.5 Å². The van der Waals surface area contributed by atoms with Crippen molar-refractivity contribution >= 4 is 50.6 Å². The Morgan fingerprint density at radius 1 is 1.11 bits per heavy atom. The maximum Gasteiger partial charge on any atom is 0.285 e. The second-order valence-corrected chi connectivity index (χ2v) is 10.4. The van der Waals surface area contributed by atoms with Crippen molar-refractivity contribution in [1.29, 1.82) is 0 Å². The van der Waals surface area contributed by atoms with E-state index < -0.39 is 10.0 Å². The first-order valence-electron chi connectivity index (χ1n) is 11.0. The molecule has 1 aliphatic heterocycles. The molecule has 0 aliphatic carbocycles. The average Bonchev–Trinajstić information content (AvgIpc) is 2.88. The molecular formula is C25H24ClN5O3S2. The second-order valence-electron chi connectivity index (χ2n) is 7.92. The molecule has 1 heterocycles. The van der Waals surface area contributed by atoms with Gasteiger partial charge in [0.05, 0.1) is 17.7 Å². The van der Waals surface area contributed by atoms with Gasteiger partial charge in [-0.15, -0.1) is 4.40 Å². The molecule has 8 nitrogen and oxygen atoms in total. The molecule has 0 amide bonds. The number of thiocarbonyl (C=S) groups is 1. The second kappa shape index (κ2) is 11.1. The van der Waals surface area contributed by atoms with Crippen LogP contribution < -0.4 is 15.8 Å². The summed E-state index contributed by atoms with van der Waals surface area (Å²) in [4.78, 5) is -0.00776. The van der Waals surface area contributed by atoms with Crippen LogP contribution in [0.5, 0.6) is 5.75 Å². The Hall–Kier alpha value is -3.47. The van der Waals surface area contributed by atoms with Crippen LogP contribution in [0.3, 0.4) is 0 Å². The monoisotopic (exact) mass is 541 g/mol. The van der Waals surface area contributed by atoms with E-state index in [1.54, 1.807) is 24.3 Å². The number of rotatable bonds is 5. The predicted molar refractivity (Wildman–Crippen MR) is 146 cm³/mol. The summed E-state index contributed by atoms with van der Waals surface area (Å²) in [5, 5.41) is 9.45. The van der Waals surface area contributed by atoms with Crippen LogP contribution >= 0.6 is 23.8 Å². The molecular weight excluding hydrogens is 518 g/mol. The fourth-order valence-corrected chi connectivity index (χ4v) is 5.01. The third-order valence-electron chi connectivity index (χ3n) is 5.57. The lowest BCUT2D eigenvalue weighted by atomic mass is 9.86. The molecule has 3 aromatic carbocycles. The van der Waals surface area contributed by atoms with E-state index >= 15 is 0 Å². The largest absolute Gasteiger partial charge is 0.497 e. The van der Waals surface area contributed by atoms with Crippen molar-refractivity contribution in [2.75, 3.05) is 13.7 Å². The molecule has 1 atom stereocenters. The molecule has 0 saturated carbocycles. The molecule has 1 aliphatic rings. The van der Waals surface area contributed by atoms with Gasteiger partial charge in [0, 0.05) is 17.5 Å². The first kappa shape index (κ1) is 25.6. The lowest BCUT2D eigenvalue weighted by Crippen LogP contribution is -2.47. The maximum absolute atomic E-state index is 13.1. The van der Waals surface area contributed by atoms with Crippen LogP contribution in [0.4, 0.5) is 0 Å². The molecule has 186 valence electrons. The zero-order valence-electron chi connectivity index (χ0n) is 19.3. The number of benzene rings is 3. The van der Waals surface area contributed by atoms with Gasteiger partial charge in [0.25, 0.3) is 10.0 Å². The normalized spacial score (nSPS) is 16.3. The Kier molecular flexibility index (Phi) is 7.88. The van der Waals surface area contributed by atoms with Crippen LogP contribution in [0.2, 0.25) is 5.02 Å². The van der Waals surface area contributed by atoms with Crippen molar-refractivity contribution in [2.24, 2.45) is 15.2 Å². The maximum atomic E-state index is 13.1. The number of methoxy groups -OCH3 is 1. The molecule has 36 heavy (non-hydrogen) atoms. The number of nitrogens with one attached hydrogen (secondary N) is 1. The smallest absolute Gasteiger partial charge is 0.285 e. The van der Waals surface area contributed by atoms with Gasteiger partial charge in [0.1, 0.15) is 5.75 Å². The number of sulfonamides is 1. The van der Waals surface area contributed by atoms with Crippen LogP contribution in [-0.4, -0.2) is 43.9 Å². The fourth-order valence-electron chi connectivity index (χ4n) is 3.84. The van der Waals surface area contributed by atoms with Crippen LogP contribution in [0.1, 0.15) is 23.5 Å². The molecule has 0 spiro atoms. The third-order valence-corrected chi connectivity index (χ3v) is 7.21. The SMILES string of the molecule is COc1ccc(S(=O)(=O)N=C(NC(N)=S)N2CCC(c3ccccc3)C(c3ccc(Cl)cc3)=N2)cc1. The number of hydrazone groups is 1. The molecule has 0 saturated heterocycles. The molecule has 0 radical (unpaired) electrons. The molecule has 11 heteroatoms. The number of ether oxygens (including phenoxy) is 1. The number of nitrogens with two attached hydrogens (primary N) is 1. The lowest BCUT2D eigenvalue weighted by Gasteiger charge is -2.32. The molecule has 4 rings (SSSR count). The Morgan fingerprint density at radius 2 is 1.78 bits per heavy atom. The zero-order valence-corrected chi connectivity index (χ0v) is 21.7. The van der Waals surface area contributed by atoms with E-state index in [1.165, 1.54) is 24.3 Å². The summed E-state index contributed by atoms with van der Waals surface area (Å²) in [5.41, 5.74) is 8.40.